The Morgan fingerprint density at radius 2 is 2.00 bits per heavy atom. The lowest BCUT2D eigenvalue weighted by Crippen LogP contribution is -1.91. The van der Waals surface area contributed by atoms with Crippen LogP contribution in [0.2, 0.25) is 0 Å². The molecule has 1 N–H and O–H groups in total. The number of hydrogen-bond donors (Lipinski definition) is 1. The number of carbonyl (C=O) groups is 1. The molecule has 0 aliphatic carbocycles. The molecule has 1 aromatic heterocycles. The summed E-state index contributed by atoms with van der Waals surface area (Å²) in [5, 5.41) is 9.18. The SMILES string of the molecule is O=C(O)c1cc2ccc(S(=O)(=O)Cl)cc2o1. The number of benzene rings is 1. The average Bonchev–Trinajstić information content (AvgIpc) is 2.58. The van der Waals surface area contributed by atoms with E-state index in [9.17, 15) is 13.2 Å². The minimum Gasteiger partial charge on any atom is -0.475 e. The molecule has 0 saturated carbocycles. The smallest absolute Gasteiger partial charge is 0.371 e. The van der Waals surface area contributed by atoms with Gasteiger partial charge in [0.25, 0.3) is 9.05 Å². The molecule has 84 valence electrons. The molecule has 0 unspecified atom stereocenters. The highest BCUT2D eigenvalue weighted by Gasteiger charge is 2.14. The van der Waals surface area contributed by atoms with Gasteiger partial charge in [0.2, 0.25) is 5.76 Å². The lowest BCUT2D eigenvalue weighted by atomic mass is 10.2. The summed E-state index contributed by atoms with van der Waals surface area (Å²) in [6.07, 6.45) is 0. The van der Waals surface area contributed by atoms with Crippen molar-refractivity contribution in [3.05, 3.63) is 30.0 Å². The minimum atomic E-state index is -3.84. The van der Waals surface area contributed by atoms with E-state index >= 15 is 0 Å². The van der Waals surface area contributed by atoms with Crippen molar-refractivity contribution in [2.75, 3.05) is 0 Å². The summed E-state index contributed by atoms with van der Waals surface area (Å²) >= 11 is 0. The van der Waals surface area contributed by atoms with E-state index in [2.05, 4.69) is 0 Å². The Bertz CT molecular complexity index is 670. The fraction of sp³-hybridized carbons (Fsp3) is 0. The summed E-state index contributed by atoms with van der Waals surface area (Å²) < 4.78 is 27.0. The molecule has 0 aliphatic rings. The van der Waals surface area contributed by atoms with Crippen LogP contribution < -0.4 is 0 Å². The van der Waals surface area contributed by atoms with E-state index in [0.29, 0.717) is 5.39 Å². The third kappa shape index (κ3) is 1.89. The van der Waals surface area contributed by atoms with E-state index < -0.39 is 15.0 Å². The molecule has 1 heterocycles. The molecule has 0 bridgehead atoms. The quantitative estimate of drug-likeness (QED) is 0.836. The van der Waals surface area contributed by atoms with Crippen molar-refractivity contribution in [2.45, 2.75) is 4.90 Å². The maximum absolute atomic E-state index is 11.0. The van der Waals surface area contributed by atoms with Crippen LogP contribution in [0.1, 0.15) is 10.6 Å². The minimum absolute atomic E-state index is 0.132. The maximum Gasteiger partial charge on any atom is 0.371 e. The molecular weight excluding hydrogens is 256 g/mol. The molecular formula is C9H5ClO5S. The number of aromatic carboxylic acids is 1. The summed E-state index contributed by atoms with van der Waals surface area (Å²) in [7, 11) is 1.30. The van der Waals surface area contributed by atoms with Crippen molar-refractivity contribution in [3.63, 3.8) is 0 Å². The predicted octanol–water partition coefficient (Wildman–Crippen LogP) is 2.06. The van der Waals surface area contributed by atoms with Crippen molar-refractivity contribution in [3.8, 4) is 0 Å². The van der Waals surface area contributed by atoms with Gasteiger partial charge in [-0.1, -0.05) is 0 Å². The third-order valence-electron chi connectivity index (χ3n) is 1.98. The number of halogens is 1. The zero-order chi connectivity index (χ0) is 11.9. The second kappa shape index (κ2) is 3.50. The lowest BCUT2D eigenvalue weighted by molar-refractivity contribution is 0.0665. The Hall–Kier alpha value is -1.53. The van der Waals surface area contributed by atoms with E-state index in [1.807, 2.05) is 0 Å². The van der Waals surface area contributed by atoms with E-state index in [4.69, 9.17) is 20.2 Å². The van der Waals surface area contributed by atoms with Crippen LogP contribution in [0, 0.1) is 0 Å². The monoisotopic (exact) mass is 260 g/mol. The molecule has 2 rings (SSSR count). The van der Waals surface area contributed by atoms with Crippen molar-refractivity contribution in [2.24, 2.45) is 0 Å². The largest absolute Gasteiger partial charge is 0.475 e. The van der Waals surface area contributed by atoms with Crippen LogP contribution in [0.3, 0.4) is 0 Å². The standard InChI is InChI=1S/C9H5ClO5S/c10-16(13,14)6-2-1-5-3-8(9(11)12)15-7(5)4-6/h1-4H,(H,11,12). The van der Waals surface area contributed by atoms with Gasteiger partial charge in [-0.3, -0.25) is 0 Å². The number of carboxylic acid groups (broad SMARTS) is 1. The molecule has 2 aromatic rings. The van der Waals surface area contributed by atoms with Gasteiger partial charge < -0.3 is 9.52 Å². The van der Waals surface area contributed by atoms with Crippen LogP contribution in [0.25, 0.3) is 11.0 Å². The summed E-state index contributed by atoms with van der Waals surface area (Å²) in [4.78, 5) is 10.5. The predicted molar refractivity (Wildman–Crippen MR) is 56.2 cm³/mol. The first-order chi connectivity index (χ1) is 7.38. The Balaban J connectivity index is 2.67. The second-order valence-electron chi connectivity index (χ2n) is 3.05. The molecule has 1 aromatic carbocycles. The van der Waals surface area contributed by atoms with Crippen molar-refractivity contribution in [1.82, 2.24) is 0 Å². The zero-order valence-electron chi connectivity index (χ0n) is 7.68. The third-order valence-corrected chi connectivity index (χ3v) is 3.34. The Morgan fingerprint density at radius 3 is 2.56 bits per heavy atom. The van der Waals surface area contributed by atoms with Gasteiger partial charge >= 0.3 is 5.97 Å². The lowest BCUT2D eigenvalue weighted by Gasteiger charge is -1.94. The molecule has 0 atom stereocenters. The molecule has 0 spiro atoms. The van der Waals surface area contributed by atoms with Crippen LogP contribution in [-0.4, -0.2) is 19.5 Å². The van der Waals surface area contributed by atoms with Gasteiger partial charge in [0.1, 0.15) is 5.58 Å². The topological polar surface area (TPSA) is 84.6 Å². The summed E-state index contributed by atoms with van der Waals surface area (Å²) in [5.41, 5.74) is 0.166. The Morgan fingerprint density at radius 1 is 1.31 bits per heavy atom. The molecule has 5 nitrogen and oxygen atoms in total. The first kappa shape index (κ1) is 11.0. The van der Waals surface area contributed by atoms with Gasteiger partial charge in [-0.2, -0.15) is 0 Å². The van der Waals surface area contributed by atoms with Crippen molar-refractivity contribution < 1.29 is 22.7 Å². The first-order valence-corrected chi connectivity index (χ1v) is 6.40. The molecule has 0 aliphatic heterocycles. The number of rotatable bonds is 2. The number of fused-ring (bicyclic) bond motifs is 1. The molecule has 0 fully saturated rings. The van der Waals surface area contributed by atoms with E-state index in [0.717, 1.165) is 0 Å². The van der Waals surface area contributed by atoms with Crippen LogP contribution in [0.5, 0.6) is 0 Å². The van der Waals surface area contributed by atoms with Crippen LogP contribution >= 0.6 is 10.7 Å². The van der Waals surface area contributed by atoms with E-state index in [-0.39, 0.29) is 16.2 Å². The molecule has 0 saturated heterocycles. The van der Waals surface area contributed by atoms with Gasteiger partial charge in [-0.05, 0) is 18.2 Å². The molecule has 0 amide bonds. The van der Waals surface area contributed by atoms with Gasteiger partial charge in [-0.25, -0.2) is 13.2 Å². The highest BCUT2D eigenvalue weighted by atomic mass is 35.7. The summed E-state index contributed by atoms with van der Waals surface area (Å²) in [5.74, 6) is -1.47. The van der Waals surface area contributed by atoms with E-state index in [1.165, 1.54) is 24.3 Å². The molecule has 0 radical (unpaired) electrons. The highest BCUT2D eigenvalue weighted by molar-refractivity contribution is 8.13. The fourth-order valence-corrected chi connectivity index (χ4v) is 2.03. The number of carboxylic acids is 1. The first-order valence-electron chi connectivity index (χ1n) is 4.09. The Labute approximate surface area is 94.7 Å². The second-order valence-corrected chi connectivity index (χ2v) is 5.62. The van der Waals surface area contributed by atoms with Crippen LogP contribution in [-0.2, 0) is 9.05 Å². The summed E-state index contributed by atoms with van der Waals surface area (Å²) in [6.45, 7) is 0. The van der Waals surface area contributed by atoms with Crippen LogP contribution in [0.15, 0.2) is 33.6 Å². The normalized spacial score (nSPS) is 11.8. The number of hydrogen-bond acceptors (Lipinski definition) is 4. The number of furan rings is 1. The van der Waals surface area contributed by atoms with Crippen molar-refractivity contribution >= 4 is 36.7 Å². The van der Waals surface area contributed by atoms with Gasteiger partial charge in [0.15, 0.2) is 0 Å². The highest BCUT2D eigenvalue weighted by Crippen LogP contribution is 2.24. The van der Waals surface area contributed by atoms with E-state index in [1.54, 1.807) is 0 Å². The fourth-order valence-electron chi connectivity index (χ4n) is 1.27. The summed E-state index contributed by atoms with van der Waals surface area (Å²) in [6, 6.07) is 5.21. The molecule has 7 heteroatoms. The van der Waals surface area contributed by atoms with Gasteiger partial charge in [0.05, 0.1) is 4.90 Å². The average molecular weight is 261 g/mol. The Kier molecular flexibility index (Phi) is 2.40. The van der Waals surface area contributed by atoms with Gasteiger partial charge in [0, 0.05) is 22.1 Å². The van der Waals surface area contributed by atoms with Crippen LogP contribution in [0.4, 0.5) is 0 Å². The molecule has 16 heavy (non-hydrogen) atoms. The zero-order valence-corrected chi connectivity index (χ0v) is 9.25. The van der Waals surface area contributed by atoms with Crippen molar-refractivity contribution in [1.29, 1.82) is 0 Å². The van der Waals surface area contributed by atoms with Gasteiger partial charge in [-0.15, -0.1) is 0 Å². The maximum atomic E-state index is 11.0.